The summed E-state index contributed by atoms with van der Waals surface area (Å²) >= 11 is 5.39. The van der Waals surface area contributed by atoms with Crippen LogP contribution in [0.25, 0.3) is 0 Å². The van der Waals surface area contributed by atoms with Crippen molar-refractivity contribution in [3.05, 3.63) is 78.7 Å². The van der Waals surface area contributed by atoms with Gasteiger partial charge in [0, 0.05) is 28.4 Å². The van der Waals surface area contributed by atoms with E-state index in [9.17, 15) is 32.3 Å². The van der Waals surface area contributed by atoms with Crippen LogP contribution in [0.15, 0.2) is 62.8 Å². The van der Waals surface area contributed by atoms with Gasteiger partial charge in [-0.1, -0.05) is 57.2 Å². The van der Waals surface area contributed by atoms with Gasteiger partial charge in [0.05, 0.1) is 22.2 Å². The number of anilines is 1. The van der Waals surface area contributed by atoms with Crippen molar-refractivity contribution < 1.29 is 27.6 Å². The van der Waals surface area contributed by atoms with E-state index >= 15 is 0 Å². The average Bonchev–Trinajstić information content (AvgIpc) is 3.39. The average molecular weight is 667 g/mol. The number of thioether (sulfide) groups is 1. The summed E-state index contributed by atoms with van der Waals surface area (Å²) in [4.78, 5) is 56.9. The van der Waals surface area contributed by atoms with Crippen molar-refractivity contribution in [3.8, 4) is 0 Å². The summed E-state index contributed by atoms with van der Waals surface area (Å²) in [5.41, 5.74) is -0.431. The largest absolute Gasteiger partial charge is 0.416 e. The summed E-state index contributed by atoms with van der Waals surface area (Å²) in [5.74, 6) is -3.10. The van der Waals surface area contributed by atoms with Crippen LogP contribution in [0.4, 0.5) is 18.9 Å². The van der Waals surface area contributed by atoms with Crippen LogP contribution in [-0.2, 0) is 27.1 Å². The van der Waals surface area contributed by atoms with Crippen molar-refractivity contribution in [2.75, 3.05) is 18.0 Å². The number of nitrogens with zero attached hydrogens (tertiary/aromatic N) is 3. The SMILES string of the molecule is O=C(Cn1c2c(sc1=O)[C@@H](c1ccc(Br)cc1)[C@@H]1C(=O)N(c3cccc(C(F)(F)F)c3)C(=O)[C@@H]1S2)N1CCCCC1. The molecule has 0 N–H and O–H groups in total. The molecule has 41 heavy (non-hydrogen) atoms. The topological polar surface area (TPSA) is 79.7 Å². The number of piperidine rings is 1. The zero-order valence-corrected chi connectivity index (χ0v) is 24.6. The fourth-order valence-corrected chi connectivity index (χ4v) is 8.78. The van der Waals surface area contributed by atoms with Crippen LogP contribution >= 0.6 is 39.0 Å². The second-order valence-corrected chi connectivity index (χ2v) is 13.3. The maximum atomic E-state index is 13.9. The Morgan fingerprint density at radius 2 is 1.68 bits per heavy atom. The maximum Gasteiger partial charge on any atom is 0.416 e. The van der Waals surface area contributed by atoms with Gasteiger partial charge in [-0.15, -0.1) is 0 Å². The molecule has 4 heterocycles. The Bertz CT molecular complexity index is 1600. The van der Waals surface area contributed by atoms with Gasteiger partial charge in [0.1, 0.15) is 11.8 Å². The summed E-state index contributed by atoms with van der Waals surface area (Å²) in [6.45, 7) is 1.07. The van der Waals surface area contributed by atoms with E-state index in [1.54, 1.807) is 29.2 Å². The molecule has 3 aliphatic rings. The lowest BCUT2D eigenvalue weighted by atomic mass is 9.83. The summed E-state index contributed by atoms with van der Waals surface area (Å²) in [6.07, 6.45) is -1.81. The lowest BCUT2D eigenvalue weighted by Gasteiger charge is -2.31. The number of hydrogen-bond acceptors (Lipinski definition) is 6. The number of thiazole rings is 1. The first-order chi connectivity index (χ1) is 19.5. The van der Waals surface area contributed by atoms with Crippen molar-refractivity contribution in [1.82, 2.24) is 9.47 Å². The number of carbonyl (C=O) groups excluding carboxylic acids is 3. The molecule has 0 aliphatic carbocycles. The molecule has 0 radical (unpaired) electrons. The van der Waals surface area contributed by atoms with Gasteiger partial charge in [-0.25, -0.2) is 4.90 Å². The summed E-state index contributed by atoms with van der Waals surface area (Å²) in [7, 11) is 0. The quantitative estimate of drug-likeness (QED) is 0.344. The Morgan fingerprint density at radius 3 is 2.37 bits per heavy atom. The summed E-state index contributed by atoms with van der Waals surface area (Å²) < 4.78 is 42.6. The van der Waals surface area contributed by atoms with E-state index in [1.807, 2.05) is 0 Å². The number of benzene rings is 2. The smallest absolute Gasteiger partial charge is 0.341 e. The number of likely N-dealkylation sites (tertiary alicyclic amines) is 1. The number of alkyl halides is 3. The minimum atomic E-state index is -4.65. The molecule has 0 bridgehead atoms. The highest BCUT2D eigenvalue weighted by Gasteiger charge is 2.57. The predicted octanol–water partition coefficient (Wildman–Crippen LogP) is 5.50. The van der Waals surface area contributed by atoms with E-state index in [0.29, 0.717) is 28.6 Å². The number of carbonyl (C=O) groups is 3. The van der Waals surface area contributed by atoms with Crippen LogP contribution in [0.5, 0.6) is 0 Å². The Morgan fingerprint density at radius 1 is 0.976 bits per heavy atom. The van der Waals surface area contributed by atoms with Crippen LogP contribution in [0.1, 0.15) is 41.2 Å². The van der Waals surface area contributed by atoms with Gasteiger partial charge in [0.25, 0.3) is 0 Å². The first-order valence-electron chi connectivity index (χ1n) is 13.0. The van der Waals surface area contributed by atoms with E-state index in [1.165, 1.54) is 16.7 Å². The Kier molecular flexibility index (Phi) is 7.39. The van der Waals surface area contributed by atoms with Crippen LogP contribution in [-0.4, -0.2) is 45.5 Å². The van der Waals surface area contributed by atoms with Crippen molar-refractivity contribution in [2.45, 2.75) is 48.2 Å². The number of aromatic nitrogens is 1. The number of halogens is 4. The molecule has 13 heteroatoms. The molecule has 2 aromatic carbocycles. The number of amides is 3. The minimum Gasteiger partial charge on any atom is -0.341 e. The Hall–Kier alpha value is -2.90. The van der Waals surface area contributed by atoms with Crippen LogP contribution < -0.4 is 9.77 Å². The van der Waals surface area contributed by atoms with Gasteiger partial charge >= 0.3 is 11.0 Å². The standard InChI is InChI=1S/C28H23BrF3N3O4S2/c29-17-9-7-15(8-10-17)20-21-22(25(38)35(24(21)37)18-6-4-5-16(13-18)28(30,31)32)40-26-23(20)41-27(39)34(26)14-19(36)33-11-2-1-3-12-33/h4-10,13,20-22H,1-3,11-12,14H2/t20-,21-,22+/m0/s1. The van der Waals surface area contributed by atoms with Crippen molar-refractivity contribution in [2.24, 2.45) is 5.92 Å². The molecular weight excluding hydrogens is 643 g/mol. The van der Waals surface area contributed by atoms with Crippen LogP contribution in [0, 0.1) is 5.92 Å². The molecule has 3 aliphatic heterocycles. The van der Waals surface area contributed by atoms with Crippen molar-refractivity contribution in [3.63, 3.8) is 0 Å². The molecule has 214 valence electrons. The zero-order chi connectivity index (χ0) is 29.1. The normalized spacial score (nSPS) is 22.6. The third-order valence-corrected chi connectivity index (χ3v) is 10.8. The fraction of sp³-hybridized carbons (Fsp3) is 0.357. The molecule has 6 rings (SSSR count). The second-order valence-electron chi connectivity index (χ2n) is 10.2. The number of hydrogen-bond donors (Lipinski definition) is 0. The second kappa shape index (κ2) is 10.7. The number of imide groups is 1. The molecule has 3 aromatic rings. The van der Waals surface area contributed by atoms with E-state index < -0.39 is 40.6 Å². The molecule has 7 nitrogen and oxygen atoms in total. The van der Waals surface area contributed by atoms with Crippen LogP contribution in [0.3, 0.4) is 0 Å². The van der Waals surface area contributed by atoms with Gasteiger partial charge in [0.15, 0.2) is 0 Å². The zero-order valence-electron chi connectivity index (χ0n) is 21.4. The molecule has 2 fully saturated rings. The first kappa shape index (κ1) is 28.2. The van der Waals surface area contributed by atoms with E-state index in [0.717, 1.165) is 63.9 Å². The molecular formula is C28H23BrF3N3O4S2. The highest BCUT2D eigenvalue weighted by Crippen LogP contribution is 2.54. The van der Waals surface area contributed by atoms with Gasteiger partial charge in [-0.05, 0) is 55.2 Å². The summed E-state index contributed by atoms with van der Waals surface area (Å²) in [6, 6.07) is 11.3. The Labute approximate surface area is 249 Å². The predicted molar refractivity (Wildman–Crippen MR) is 152 cm³/mol. The van der Waals surface area contributed by atoms with Crippen molar-refractivity contribution >= 4 is 62.4 Å². The fourth-order valence-electron chi connectivity index (χ4n) is 5.74. The number of fused-ring (bicyclic) bond motifs is 2. The molecule has 3 amide bonds. The Balaban J connectivity index is 1.43. The molecule has 3 atom stereocenters. The van der Waals surface area contributed by atoms with Crippen LogP contribution in [0.2, 0.25) is 0 Å². The lowest BCUT2D eigenvalue weighted by molar-refractivity contribution is -0.137. The highest BCUT2D eigenvalue weighted by atomic mass is 79.9. The third-order valence-electron chi connectivity index (χ3n) is 7.71. The van der Waals surface area contributed by atoms with E-state index in [2.05, 4.69) is 15.9 Å². The van der Waals surface area contributed by atoms with E-state index in [-0.39, 0.29) is 23.0 Å². The minimum absolute atomic E-state index is 0.152. The first-order valence-corrected chi connectivity index (χ1v) is 15.5. The van der Waals surface area contributed by atoms with E-state index in [4.69, 9.17) is 0 Å². The highest BCUT2D eigenvalue weighted by molar-refractivity contribution is 9.10. The summed E-state index contributed by atoms with van der Waals surface area (Å²) in [5, 5.41) is -0.532. The van der Waals surface area contributed by atoms with Gasteiger partial charge < -0.3 is 4.90 Å². The molecule has 0 spiro atoms. The van der Waals surface area contributed by atoms with Gasteiger partial charge in [0.2, 0.25) is 17.7 Å². The molecule has 0 saturated carbocycles. The monoisotopic (exact) mass is 665 g/mol. The van der Waals surface area contributed by atoms with Gasteiger partial charge in [-0.3, -0.25) is 23.7 Å². The van der Waals surface area contributed by atoms with Gasteiger partial charge in [-0.2, -0.15) is 13.2 Å². The maximum absolute atomic E-state index is 13.9. The third kappa shape index (κ3) is 5.05. The molecule has 2 saturated heterocycles. The lowest BCUT2D eigenvalue weighted by Crippen LogP contribution is -2.39. The molecule has 0 unspecified atom stereocenters. The molecule has 1 aromatic heterocycles. The van der Waals surface area contributed by atoms with Crippen molar-refractivity contribution in [1.29, 1.82) is 0 Å². The number of rotatable bonds is 4.